The highest BCUT2D eigenvalue weighted by Crippen LogP contribution is 2.17. The number of nitrogens with zero attached hydrogens (tertiary/aromatic N) is 2. The van der Waals surface area contributed by atoms with Crippen LogP contribution in [0, 0.1) is 5.92 Å². The minimum Gasteiger partial charge on any atom is -0.381 e. The van der Waals surface area contributed by atoms with Crippen molar-refractivity contribution in [1.82, 2.24) is 9.80 Å². The van der Waals surface area contributed by atoms with Crippen LogP contribution in [0.4, 0.5) is 0 Å². The Hall–Kier alpha value is -0.650. The summed E-state index contributed by atoms with van der Waals surface area (Å²) in [7, 11) is 0. The van der Waals surface area contributed by atoms with Crippen LogP contribution in [0.5, 0.6) is 0 Å². The fourth-order valence-corrected chi connectivity index (χ4v) is 3.21. The molecule has 2 N–H and O–H groups in total. The van der Waals surface area contributed by atoms with Gasteiger partial charge in [-0.05, 0) is 25.7 Å². The minimum atomic E-state index is -0.698. The zero-order chi connectivity index (χ0) is 14.6. The predicted octanol–water partition coefficient (Wildman–Crippen LogP) is 0.685. The summed E-state index contributed by atoms with van der Waals surface area (Å²) in [5.74, 6) is 0.792. The first-order valence-electron chi connectivity index (χ1n) is 7.91. The molecule has 20 heavy (non-hydrogen) atoms. The van der Waals surface area contributed by atoms with Gasteiger partial charge in [-0.3, -0.25) is 9.69 Å². The van der Waals surface area contributed by atoms with Gasteiger partial charge in [0.05, 0.1) is 12.1 Å². The Bertz CT molecular complexity index is 319. The van der Waals surface area contributed by atoms with E-state index in [2.05, 4.69) is 11.8 Å². The number of amides is 1. The molecule has 2 fully saturated rings. The van der Waals surface area contributed by atoms with E-state index in [1.807, 2.05) is 11.8 Å². The first kappa shape index (κ1) is 15.7. The number of ether oxygens (including phenoxy) is 1. The molecule has 0 radical (unpaired) electrons. The SMILES string of the molecule is CCCC(C)(N)C(=O)N1CCN(CC2CCOC2)CC1. The largest absolute Gasteiger partial charge is 0.381 e. The molecule has 5 heteroatoms. The Kier molecular flexibility index (Phi) is 5.41. The van der Waals surface area contributed by atoms with Crippen LogP contribution in [0.3, 0.4) is 0 Å². The number of rotatable bonds is 5. The van der Waals surface area contributed by atoms with Gasteiger partial charge in [-0.2, -0.15) is 0 Å². The molecule has 2 rings (SSSR count). The van der Waals surface area contributed by atoms with E-state index in [0.717, 1.165) is 58.8 Å². The van der Waals surface area contributed by atoms with Crippen LogP contribution >= 0.6 is 0 Å². The van der Waals surface area contributed by atoms with Gasteiger partial charge >= 0.3 is 0 Å². The van der Waals surface area contributed by atoms with Crippen molar-refractivity contribution in [3.8, 4) is 0 Å². The highest BCUT2D eigenvalue weighted by atomic mass is 16.5. The highest BCUT2D eigenvalue weighted by molar-refractivity contribution is 5.85. The summed E-state index contributed by atoms with van der Waals surface area (Å²) < 4.78 is 5.42. The summed E-state index contributed by atoms with van der Waals surface area (Å²) in [6, 6.07) is 0. The molecule has 0 aromatic heterocycles. The van der Waals surface area contributed by atoms with E-state index < -0.39 is 5.54 Å². The second-order valence-corrected chi connectivity index (χ2v) is 6.49. The Morgan fingerprint density at radius 1 is 1.35 bits per heavy atom. The van der Waals surface area contributed by atoms with Crippen LogP contribution in [0.25, 0.3) is 0 Å². The zero-order valence-electron chi connectivity index (χ0n) is 12.9. The zero-order valence-corrected chi connectivity index (χ0v) is 12.9. The molecule has 0 bridgehead atoms. The molecule has 2 unspecified atom stereocenters. The van der Waals surface area contributed by atoms with E-state index in [-0.39, 0.29) is 5.91 Å². The van der Waals surface area contributed by atoms with Crippen LogP contribution < -0.4 is 5.73 Å². The van der Waals surface area contributed by atoms with E-state index in [1.165, 1.54) is 6.42 Å². The summed E-state index contributed by atoms with van der Waals surface area (Å²) >= 11 is 0. The minimum absolute atomic E-state index is 0.114. The summed E-state index contributed by atoms with van der Waals surface area (Å²) in [6.45, 7) is 10.4. The van der Waals surface area contributed by atoms with Crippen LogP contribution in [0.2, 0.25) is 0 Å². The smallest absolute Gasteiger partial charge is 0.242 e. The van der Waals surface area contributed by atoms with Gasteiger partial charge in [-0.1, -0.05) is 13.3 Å². The molecular formula is C15H29N3O2. The maximum atomic E-state index is 12.4. The van der Waals surface area contributed by atoms with Gasteiger partial charge in [0, 0.05) is 39.3 Å². The third-order valence-corrected chi connectivity index (χ3v) is 4.46. The third-order valence-electron chi connectivity index (χ3n) is 4.46. The molecule has 2 atom stereocenters. The topological polar surface area (TPSA) is 58.8 Å². The second kappa shape index (κ2) is 6.87. The molecule has 2 saturated heterocycles. The van der Waals surface area contributed by atoms with Crippen molar-refractivity contribution < 1.29 is 9.53 Å². The van der Waals surface area contributed by atoms with Crippen molar-refractivity contribution in [2.75, 3.05) is 45.9 Å². The van der Waals surface area contributed by atoms with Crippen LogP contribution in [0.1, 0.15) is 33.1 Å². The van der Waals surface area contributed by atoms with Crippen molar-refractivity contribution >= 4 is 5.91 Å². The number of hydrogen-bond acceptors (Lipinski definition) is 4. The molecule has 2 aliphatic heterocycles. The molecule has 1 amide bonds. The lowest BCUT2D eigenvalue weighted by molar-refractivity contribution is -0.138. The van der Waals surface area contributed by atoms with Gasteiger partial charge in [0.25, 0.3) is 0 Å². The average Bonchev–Trinajstić information content (AvgIpc) is 2.91. The van der Waals surface area contributed by atoms with E-state index in [4.69, 9.17) is 10.5 Å². The van der Waals surface area contributed by atoms with Crippen molar-refractivity contribution in [3.63, 3.8) is 0 Å². The normalized spacial score (nSPS) is 27.6. The standard InChI is InChI=1S/C15H29N3O2/c1-3-5-15(2,16)14(19)18-8-6-17(7-9-18)11-13-4-10-20-12-13/h13H,3-12,16H2,1-2H3. The number of piperazine rings is 1. The van der Waals surface area contributed by atoms with E-state index >= 15 is 0 Å². The Balaban J connectivity index is 1.77. The number of nitrogens with two attached hydrogens (primary N) is 1. The molecular weight excluding hydrogens is 254 g/mol. The lowest BCUT2D eigenvalue weighted by Gasteiger charge is -2.39. The molecule has 2 aliphatic rings. The molecule has 0 aromatic rings. The Morgan fingerprint density at radius 3 is 2.60 bits per heavy atom. The van der Waals surface area contributed by atoms with Gasteiger partial charge in [-0.15, -0.1) is 0 Å². The Morgan fingerprint density at radius 2 is 2.05 bits per heavy atom. The van der Waals surface area contributed by atoms with Crippen molar-refractivity contribution in [2.24, 2.45) is 11.7 Å². The van der Waals surface area contributed by atoms with E-state index in [9.17, 15) is 4.79 Å². The molecule has 0 aromatic carbocycles. The van der Waals surface area contributed by atoms with Crippen molar-refractivity contribution in [1.29, 1.82) is 0 Å². The predicted molar refractivity (Wildman–Crippen MR) is 79.4 cm³/mol. The van der Waals surface area contributed by atoms with Crippen LogP contribution in [0.15, 0.2) is 0 Å². The summed E-state index contributed by atoms with van der Waals surface area (Å²) in [6.07, 6.45) is 2.88. The number of hydrogen-bond donors (Lipinski definition) is 1. The summed E-state index contributed by atoms with van der Waals surface area (Å²) in [5, 5.41) is 0. The molecule has 0 spiro atoms. The first-order chi connectivity index (χ1) is 9.53. The third kappa shape index (κ3) is 3.93. The van der Waals surface area contributed by atoms with Crippen molar-refractivity contribution in [3.05, 3.63) is 0 Å². The average molecular weight is 283 g/mol. The van der Waals surface area contributed by atoms with Crippen LogP contribution in [-0.4, -0.2) is 67.2 Å². The fraction of sp³-hybridized carbons (Fsp3) is 0.933. The first-order valence-corrected chi connectivity index (χ1v) is 7.91. The maximum Gasteiger partial charge on any atom is 0.242 e. The van der Waals surface area contributed by atoms with E-state index in [1.54, 1.807) is 0 Å². The number of carbonyl (C=O) groups excluding carboxylic acids is 1. The number of carbonyl (C=O) groups is 1. The lowest BCUT2D eigenvalue weighted by Crippen LogP contribution is -2.58. The molecule has 2 heterocycles. The van der Waals surface area contributed by atoms with Gasteiger partial charge in [0.15, 0.2) is 0 Å². The summed E-state index contributed by atoms with van der Waals surface area (Å²) in [4.78, 5) is 16.8. The monoisotopic (exact) mass is 283 g/mol. The molecule has 0 aliphatic carbocycles. The maximum absolute atomic E-state index is 12.4. The molecule has 5 nitrogen and oxygen atoms in total. The summed E-state index contributed by atoms with van der Waals surface area (Å²) in [5.41, 5.74) is 5.45. The highest BCUT2D eigenvalue weighted by Gasteiger charge is 2.33. The lowest BCUT2D eigenvalue weighted by atomic mass is 9.95. The Labute approximate surface area is 122 Å². The van der Waals surface area contributed by atoms with Gasteiger partial charge < -0.3 is 15.4 Å². The second-order valence-electron chi connectivity index (χ2n) is 6.49. The molecule has 116 valence electrons. The van der Waals surface area contributed by atoms with Gasteiger partial charge in [0.1, 0.15) is 0 Å². The van der Waals surface area contributed by atoms with E-state index in [0.29, 0.717) is 5.92 Å². The van der Waals surface area contributed by atoms with Crippen LogP contribution in [-0.2, 0) is 9.53 Å². The quantitative estimate of drug-likeness (QED) is 0.806. The molecule has 0 saturated carbocycles. The van der Waals surface area contributed by atoms with Crippen molar-refractivity contribution in [2.45, 2.75) is 38.6 Å². The van der Waals surface area contributed by atoms with Gasteiger partial charge in [-0.25, -0.2) is 0 Å². The van der Waals surface area contributed by atoms with Gasteiger partial charge in [0.2, 0.25) is 5.91 Å². The fourth-order valence-electron chi connectivity index (χ4n) is 3.21.